The molecule has 3 nitrogen and oxygen atoms in total. The number of rotatable bonds is 3. The molecule has 0 heterocycles. The van der Waals surface area contributed by atoms with E-state index in [4.69, 9.17) is 5.73 Å². The quantitative estimate of drug-likeness (QED) is 0.908. The number of halogens is 3. The number of anilines is 1. The molecule has 3 N–H and O–H groups in total. The lowest BCUT2D eigenvalue weighted by molar-refractivity contribution is 0.101. The zero-order valence-corrected chi connectivity index (χ0v) is 10.3. The summed E-state index contributed by atoms with van der Waals surface area (Å²) < 4.78 is 40.1. The summed E-state index contributed by atoms with van der Waals surface area (Å²) in [5.74, 6) is -3.40. The molecule has 0 saturated carbocycles. The Hall–Kier alpha value is -2.34. The molecule has 0 aliphatic heterocycles. The molecule has 0 aliphatic rings. The van der Waals surface area contributed by atoms with Gasteiger partial charge < -0.3 is 11.1 Å². The van der Waals surface area contributed by atoms with Gasteiger partial charge in [0.2, 0.25) is 0 Å². The van der Waals surface area contributed by atoms with E-state index >= 15 is 0 Å². The number of hydrogen-bond acceptors (Lipinski definition) is 2. The molecule has 0 unspecified atom stereocenters. The van der Waals surface area contributed by atoms with E-state index in [2.05, 4.69) is 5.32 Å². The molecule has 0 spiro atoms. The van der Waals surface area contributed by atoms with Crippen LogP contribution in [0.15, 0.2) is 36.4 Å². The van der Waals surface area contributed by atoms with Gasteiger partial charge in [0.15, 0.2) is 0 Å². The first-order valence-corrected chi connectivity index (χ1v) is 5.76. The van der Waals surface area contributed by atoms with Gasteiger partial charge in [0, 0.05) is 17.8 Å². The van der Waals surface area contributed by atoms with Crippen molar-refractivity contribution in [3.8, 4) is 0 Å². The van der Waals surface area contributed by atoms with Crippen LogP contribution in [0.3, 0.4) is 0 Å². The number of carbonyl (C=O) groups is 1. The molecule has 0 saturated heterocycles. The fraction of sp³-hybridized carbons (Fsp3) is 0.0714. The number of nitrogens with two attached hydrogens (primary N) is 1. The summed E-state index contributed by atoms with van der Waals surface area (Å²) in [5, 5.41) is 2.30. The summed E-state index contributed by atoms with van der Waals surface area (Å²) >= 11 is 0. The highest BCUT2D eigenvalue weighted by Gasteiger charge is 2.17. The van der Waals surface area contributed by atoms with Gasteiger partial charge in [0.05, 0.1) is 0 Å². The normalized spacial score (nSPS) is 10.4. The number of benzene rings is 2. The molecule has 0 atom stereocenters. The third-order valence-electron chi connectivity index (χ3n) is 2.71. The second kappa shape index (κ2) is 5.75. The highest BCUT2D eigenvalue weighted by atomic mass is 19.1. The molecule has 0 aliphatic carbocycles. The molecular weight excluding hydrogens is 269 g/mol. The molecule has 2 aromatic rings. The van der Waals surface area contributed by atoms with Crippen molar-refractivity contribution in [1.82, 2.24) is 0 Å². The topological polar surface area (TPSA) is 55.1 Å². The van der Waals surface area contributed by atoms with Gasteiger partial charge in [-0.25, -0.2) is 13.2 Å². The van der Waals surface area contributed by atoms with Crippen LogP contribution in [0, 0.1) is 17.5 Å². The van der Waals surface area contributed by atoms with Crippen LogP contribution in [0.5, 0.6) is 0 Å². The van der Waals surface area contributed by atoms with E-state index in [1.54, 1.807) is 0 Å². The summed E-state index contributed by atoms with van der Waals surface area (Å²) in [7, 11) is 0. The molecule has 0 radical (unpaired) electrons. The second-order valence-corrected chi connectivity index (χ2v) is 4.06. The van der Waals surface area contributed by atoms with Crippen molar-refractivity contribution >= 4 is 11.6 Å². The van der Waals surface area contributed by atoms with Gasteiger partial charge in [0.1, 0.15) is 23.0 Å². The van der Waals surface area contributed by atoms with Crippen LogP contribution >= 0.6 is 0 Å². The zero-order valence-electron chi connectivity index (χ0n) is 10.3. The minimum Gasteiger partial charge on any atom is -0.326 e. The third kappa shape index (κ3) is 2.80. The number of hydrogen-bond donors (Lipinski definition) is 2. The molecule has 1 amide bonds. The van der Waals surface area contributed by atoms with Crippen molar-refractivity contribution in [3.63, 3.8) is 0 Å². The monoisotopic (exact) mass is 280 g/mol. The first-order valence-electron chi connectivity index (χ1n) is 5.76. The van der Waals surface area contributed by atoms with Gasteiger partial charge in [-0.3, -0.25) is 4.79 Å². The number of amides is 1. The maximum absolute atomic E-state index is 13.4. The largest absolute Gasteiger partial charge is 0.326 e. The van der Waals surface area contributed by atoms with Crippen molar-refractivity contribution in [3.05, 3.63) is 65.0 Å². The second-order valence-electron chi connectivity index (χ2n) is 4.06. The van der Waals surface area contributed by atoms with E-state index in [0.29, 0.717) is 0 Å². The van der Waals surface area contributed by atoms with Crippen LogP contribution in [0.4, 0.5) is 18.9 Å². The Morgan fingerprint density at radius 2 is 1.70 bits per heavy atom. The third-order valence-corrected chi connectivity index (χ3v) is 2.71. The summed E-state index contributed by atoms with van der Waals surface area (Å²) in [6, 6.07) is 6.83. The van der Waals surface area contributed by atoms with E-state index in [0.717, 1.165) is 24.3 Å². The predicted octanol–water partition coefficient (Wildman–Crippen LogP) is 2.81. The van der Waals surface area contributed by atoms with Gasteiger partial charge in [-0.1, -0.05) is 6.07 Å². The fourth-order valence-electron chi connectivity index (χ4n) is 1.72. The van der Waals surface area contributed by atoms with Gasteiger partial charge in [-0.15, -0.1) is 0 Å². The Morgan fingerprint density at radius 3 is 2.30 bits per heavy atom. The summed E-state index contributed by atoms with van der Waals surface area (Å²) in [6.45, 7) is -0.0520. The Balaban J connectivity index is 2.28. The molecule has 2 aromatic carbocycles. The van der Waals surface area contributed by atoms with E-state index in [1.807, 2.05) is 0 Å². The van der Waals surface area contributed by atoms with Crippen LogP contribution in [0.25, 0.3) is 0 Å². The van der Waals surface area contributed by atoms with Crippen molar-refractivity contribution in [2.24, 2.45) is 5.73 Å². The Morgan fingerprint density at radius 1 is 1.05 bits per heavy atom. The zero-order chi connectivity index (χ0) is 14.7. The van der Waals surface area contributed by atoms with Gasteiger partial charge in [0.25, 0.3) is 5.91 Å². The van der Waals surface area contributed by atoms with Gasteiger partial charge >= 0.3 is 0 Å². The predicted molar refractivity (Wildman–Crippen MR) is 68.6 cm³/mol. The minimum absolute atomic E-state index is 0.0520. The van der Waals surface area contributed by atoms with Crippen LogP contribution in [0.2, 0.25) is 0 Å². The highest BCUT2D eigenvalue weighted by molar-refractivity contribution is 6.04. The Labute approximate surface area is 113 Å². The van der Waals surface area contributed by atoms with Crippen LogP contribution in [-0.2, 0) is 6.54 Å². The Bertz CT molecular complexity index is 639. The van der Waals surface area contributed by atoms with Crippen LogP contribution in [0.1, 0.15) is 15.9 Å². The molecular formula is C14H11F3N2O. The molecule has 2 rings (SSSR count). The number of nitrogens with one attached hydrogen (secondary N) is 1. The first kappa shape index (κ1) is 14.1. The highest BCUT2D eigenvalue weighted by Crippen LogP contribution is 2.17. The lowest BCUT2D eigenvalue weighted by Crippen LogP contribution is -2.16. The lowest BCUT2D eigenvalue weighted by atomic mass is 10.1. The SMILES string of the molecule is NCc1cc(NC(=O)c2c(F)cccc2F)ccc1F. The van der Waals surface area contributed by atoms with Crippen molar-refractivity contribution in [1.29, 1.82) is 0 Å². The van der Waals surface area contributed by atoms with Crippen molar-refractivity contribution in [2.45, 2.75) is 6.54 Å². The molecule has 20 heavy (non-hydrogen) atoms. The summed E-state index contributed by atoms with van der Waals surface area (Å²) in [4.78, 5) is 11.8. The van der Waals surface area contributed by atoms with Crippen LogP contribution in [-0.4, -0.2) is 5.91 Å². The summed E-state index contributed by atoms with van der Waals surface area (Å²) in [5.41, 5.74) is 5.05. The molecule has 0 fully saturated rings. The van der Waals surface area contributed by atoms with E-state index < -0.39 is 28.9 Å². The minimum atomic E-state index is -0.969. The molecule has 6 heteroatoms. The van der Waals surface area contributed by atoms with E-state index in [-0.39, 0.29) is 17.8 Å². The van der Waals surface area contributed by atoms with Crippen molar-refractivity contribution < 1.29 is 18.0 Å². The number of carbonyl (C=O) groups excluding carboxylic acids is 1. The van der Waals surface area contributed by atoms with Crippen molar-refractivity contribution in [2.75, 3.05) is 5.32 Å². The maximum Gasteiger partial charge on any atom is 0.261 e. The molecule has 0 aromatic heterocycles. The molecule has 0 bridgehead atoms. The average molecular weight is 280 g/mol. The first-order chi connectivity index (χ1) is 9.52. The van der Waals surface area contributed by atoms with E-state index in [9.17, 15) is 18.0 Å². The smallest absolute Gasteiger partial charge is 0.261 e. The van der Waals surface area contributed by atoms with Gasteiger partial charge in [-0.2, -0.15) is 0 Å². The molecule has 104 valence electrons. The Kier molecular flexibility index (Phi) is 4.05. The maximum atomic E-state index is 13.4. The van der Waals surface area contributed by atoms with Crippen LogP contribution < -0.4 is 11.1 Å². The lowest BCUT2D eigenvalue weighted by Gasteiger charge is -2.08. The summed E-state index contributed by atoms with van der Waals surface area (Å²) in [6.07, 6.45) is 0. The average Bonchev–Trinajstić information content (AvgIpc) is 2.40. The fourth-order valence-corrected chi connectivity index (χ4v) is 1.72. The van der Waals surface area contributed by atoms with Gasteiger partial charge in [-0.05, 0) is 30.3 Å². The standard InChI is InChI=1S/C14H11F3N2O/c15-10-5-4-9(6-8(10)7-18)19-14(20)13-11(16)2-1-3-12(13)17/h1-6H,7,18H2,(H,19,20). The van der Waals surface area contributed by atoms with E-state index in [1.165, 1.54) is 12.1 Å².